The zero-order valence-corrected chi connectivity index (χ0v) is 6.68. The van der Waals surface area contributed by atoms with Gasteiger partial charge in [0, 0.05) is 0 Å². The number of hydrogen-bond acceptors (Lipinski definition) is 3. The van der Waals surface area contributed by atoms with Gasteiger partial charge in [-0.25, -0.2) is 0 Å². The molecule has 0 amide bonds. The molecule has 1 heterocycles. The minimum atomic E-state index is -0.854. The zero-order valence-electron chi connectivity index (χ0n) is 6.68. The van der Waals surface area contributed by atoms with Gasteiger partial charge in [0.2, 0.25) is 0 Å². The molecule has 2 unspecified atom stereocenters. The van der Waals surface area contributed by atoms with Gasteiger partial charge < -0.3 is 14.6 Å². The van der Waals surface area contributed by atoms with Gasteiger partial charge in [-0.1, -0.05) is 0 Å². The maximum Gasteiger partial charge on any atom is 0.138 e. The smallest absolute Gasteiger partial charge is 0.138 e. The lowest BCUT2D eigenvalue weighted by Gasteiger charge is -2.14. The van der Waals surface area contributed by atoms with E-state index in [1.807, 2.05) is 0 Å². The van der Waals surface area contributed by atoms with E-state index in [9.17, 15) is 10.2 Å². The van der Waals surface area contributed by atoms with Gasteiger partial charge in [0.25, 0.3) is 0 Å². The van der Waals surface area contributed by atoms with E-state index in [1.165, 1.54) is 6.26 Å². The summed E-state index contributed by atoms with van der Waals surface area (Å²) in [7, 11) is 0. The highest BCUT2D eigenvalue weighted by molar-refractivity contribution is 5.05. The molecule has 1 aliphatic carbocycles. The van der Waals surface area contributed by atoms with Gasteiger partial charge in [-0.05, 0) is 30.9 Å². The maximum atomic E-state index is 9.54. The monoisotopic (exact) mass is 168 g/mol. The predicted octanol–water partition coefficient (Wildman–Crippen LogP) is 1.08. The summed E-state index contributed by atoms with van der Waals surface area (Å²) in [5.41, 5.74) is 0. The van der Waals surface area contributed by atoms with Gasteiger partial charge in [-0.3, -0.25) is 0 Å². The first-order valence-corrected chi connectivity index (χ1v) is 4.18. The first kappa shape index (κ1) is 7.83. The summed E-state index contributed by atoms with van der Waals surface area (Å²) < 4.78 is 4.98. The van der Waals surface area contributed by atoms with Gasteiger partial charge >= 0.3 is 0 Å². The van der Waals surface area contributed by atoms with Crippen molar-refractivity contribution in [2.24, 2.45) is 5.92 Å². The lowest BCUT2D eigenvalue weighted by atomic mass is 10.1. The highest BCUT2D eigenvalue weighted by atomic mass is 16.4. The molecule has 2 rings (SSSR count). The number of hydrogen-bond donors (Lipinski definition) is 2. The van der Waals surface area contributed by atoms with E-state index in [1.54, 1.807) is 12.1 Å². The molecule has 2 N–H and O–H groups in total. The van der Waals surface area contributed by atoms with Crippen LogP contribution in [0.4, 0.5) is 0 Å². The molecule has 66 valence electrons. The Hall–Kier alpha value is -0.800. The van der Waals surface area contributed by atoms with Crippen LogP contribution in [0.1, 0.15) is 24.7 Å². The van der Waals surface area contributed by atoms with E-state index in [0.29, 0.717) is 5.76 Å². The quantitative estimate of drug-likeness (QED) is 0.710. The standard InChI is InChI=1S/C9H12O3/c10-8(6-3-4-6)9(11)7-2-1-5-12-7/h1-2,5-6,8-11H,3-4H2. The van der Waals surface area contributed by atoms with Crippen LogP contribution >= 0.6 is 0 Å². The van der Waals surface area contributed by atoms with Crippen LogP contribution in [0.2, 0.25) is 0 Å². The summed E-state index contributed by atoms with van der Waals surface area (Å²) in [6.45, 7) is 0. The molecule has 0 bridgehead atoms. The fourth-order valence-electron chi connectivity index (χ4n) is 1.32. The van der Waals surface area contributed by atoms with Crippen molar-refractivity contribution in [3.8, 4) is 0 Å². The van der Waals surface area contributed by atoms with Crippen molar-refractivity contribution < 1.29 is 14.6 Å². The van der Waals surface area contributed by atoms with E-state index in [0.717, 1.165) is 12.8 Å². The minimum absolute atomic E-state index is 0.269. The molecule has 1 saturated carbocycles. The van der Waals surface area contributed by atoms with E-state index in [2.05, 4.69) is 0 Å². The topological polar surface area (TPSA) is 53.6 Å². The van der Waals surface area contributed by atoms with Crippen molar-refractivity contribution in [1.82, 2.24) is 0 Å². The Morgan fingerprint density at radius 1 is 1.42 bits per heavy atom. The third kappa shape index (κ3) is 1.38. The molecule has 3 nitrogen and oxygen atoms in total. The van der Waals surface area contributed by atoms with Crippen molar-refractivity contribution in [2.75, 3.05) is 0 Å². The zero-order chi connectivity index (χ0) is 8.55. The molecule has 1 aromatic heterocycles. The molecule has 0 aromatic carbocycles. The maximum absolute atomic E-state index is 9.54. The molecule has 3 heteroatoms. The first-order valence-electron chi connectivity index (χ1n) is 4.18. The van der Waals surface area contributed by atoms with Crippen molar-refractivity contribution in [3.63, 3.8) is 0 Å². The second-order valence-corrected chi connectivity index (χ2v) is 3.29. The Morgan fingerprint density at radius 3 is 2.67 bits per heavy atom. The average molecular weight is 168 g/mol. The van der Waals surface area contributed by atoms with E-state index in [-0.39, 0.29) is 5.92 Å². The highest BCUT2D eigenvalue weighted by Gasteiger charge is 2.36. The second kappa shape index (κ2) is 2.92. The number of rotatable bonds is 3. The molecular weight excluding hydrogens is 156 g/mol. The van der Waals surface area contributed by atoms with Crippen LogP contribution in [-0.2, 0) is 0 Å². The molecule has 0 saturated heterocycles. The van der Waals surface area contributed by atoms with E-state index in [4.69, 9.17) is 4.42 Å². The molecule has 0 spiro atoms. The molecule has 0 radical (unpaired) electrons. The third-order valence-electron chi connectivity index (χ3n) is 2.26. The largest absolute Gasteiger partial charge is 0.466 e. The summed E-state index contributed by atoms with van der Waals surface area (Å²) in [5, 5.41) is 19.1. The third-order valence-corrected chi connectivity index (χ3v) is 2.26. The molecule has 1 fully saturated rings. The SMILES string of the molecule is OC(c1ccco1)C(O)C1CC1. The lowest BCUT2D eigenvalue weighted by molar-refractivity contribution is -0.00713. The van der Waals surface area contributed by atoms with Gasteiger partial charge in [-0.15, -0.1) is 0 Å². The van der Waals surface area contributed by atoms with Crippen LogP contribution in [0, 0.1) is 5.92 Å². The van der Waals surface area contributed by atoms with Crippen molar-refractivity contribution in [1.29, 1.82) is 0 Å². The molecule has 2 atom stereocenters. The highest BCUT2D eigenvalue weighted by Crippen LogP contribution is 2.37. The molecule has 0 aliphatic heterocycles. The Bertz CT molecular complexity index is 238. The molecular formula is C9H12O3. The van der Waals surface area contributed by atoms with Crippen LogP contribution in [0.3, 0.4) is 0 Å². The molecule has 1 aliphatic rings. The number of aliphatic hydroxyl groups excluding tert-OH is 2. The minimum Gasteiger partial charge on any atom is -0.466 e. The Morgan fingerprint density at radius 2 is 2.17 bits per heavy atom. The van der Waals surface area contributed by atoms with E-state index < -0.39 is 12.2 Å². The van der Waals surface area contributed by atoms with Gasteiger partial charge in [0.15, 0.2) is 0 Å². The first-order chi connectivity index (χ1) is 5.79. The fourth-order valence-corrected chi connectivity index (χ4v) is 1.32. The van der Waals surface area contributed by atoms with Crippen LogP contribution in [-0.4, -0.2) is 16.3 Å². The summed E-state index contributed by atoms with van der Waals surface area (Å²) >= 11 is 0. The molecule has 1 aromatic rings. The summed E-state index contributed by atoms with van der Waals surface area (Å²) in [4.78, 5) is 0. The normalized spacial score (nSPS) is 22.2. The van der Waals surface area contributed by atoms with Crippen LogP contribution < -0.4 is 0 Å². The Balaban J connectivity index is 2.03. The predicted molar refractivity (Wildman–Crippen MR) is 42.4 cm³/mol. The van der Waals surface area contributed by atoms with Gasteiger partial charge in [0.1, 0.15) is 11.9 Å². The van der Waals surface area contributed by atoms with Gasteiger partial charge in [-0.2, -0.15) is 0 Å². The number of furan rings is 1. The van der Waals surface area contributed by atoms with Crippen LogP contribution in [0.5, 0.6) is 0 Å². The van der Waals surface area contributed by atoms with Crippen molar-refractivity contribution >= 4 is 0 Å². The second-order valence-electron chi connectivity index (χ2n) is 3.29. The number of aliphatic hydroxyl groups is 2. The summed E-state index contributed by atoms with van der Waals surface area (Å²) in [6, 6.07) is 3.38. The Labute approximate surface area is 70.6 Å². The van der Waals surface area contributed by atoms with Crippen molar-refractivity contribution in [3.05, 3.63) is 24.2 Å². The average Bonchev–Trinajstić information content (AvgIpc) is 2.79. The van der Waals surface area contributed by atoms with Gasteiger partial charge in [0.05, 0.1) is 12.4 Å². The fraction of sp³-hybridized carbons (Fsp3) is 0.556. The van der Waals surface area contributed by atoms with Crippen molar-refractivity contribution in [2.45, 2.75) is 25.0 Å². The molecule has 12 heavy (non-hydrogen) atoms. The Kier molecular flexibility index (Phi) is 1.90. The van der Waals surface area contributed by atoms with E-state index >= 15 is 0 Å². The summed E-state index contributed by atoms with van der Waals surface area (Å²) in [5.74, 6) is 0.722. The lowest BCUT2D eigenvalue weighted by Crippen LogP contribution is -2.19. The summed E-state index contributed by atoms with van der Waals surface area (Å²) in [6.07, 6.45) is 2.01. The van der Waals surface area contributed by atoms with Crippen LogP contribution in [0.25, 0.3) is 0 Å². The van der Waals surface area contributed by atoms with Crippen LogP contribution in [0.15, 0.2) is 22.8 Å².